The number of aromatic nitrogens is 2. The molecule has 2 aromatic heterocycles. The molecular formula is C11H15ClN4O2S2. The van der Waals surface area contributed by atoms with Crippen molar-refractivity contribution in [3.8, 4) is 0 Å². The Kier molecular flexibility index (Phi) is 4.79. The number of sulfonamides is 1. The molecule has 2 N–H and O–H groups in total. The molecule has 0 radical (unpaired) electrons. The average molecular weight is 335 g/mol. The van der Waals surface area contributed by atoms with Crippen molar-refractivity contribution in [2.24, 2.45) is 0 Å². The molecule has 0 aliphatic rings. The van der Waals surface area contributed by atoms with Gasteiger partial charge in [-0.05, 0) is 24.6 Å². The van der Waals surface area contributed by atoms with Gasteiger partial charge in [-0.1, -0.05) is 6.92 Å². The average Bonchev–Trinajstić information content (AvgIpc) is 2.68. The number of halogens is 1. The van der Waals surface area contributed by atoms with E-state index in [0.29, 0.717) is 12.4 Å². The number of aryl methyl sites for hydroxylation is 1. The maximum Gasteiger partial charge on any atom is 0.225 e. The van der Waals surface area contributed by atoms with Crippen LogP contribution in [0.3, 0.4) is 0 Å². The Balaban J connectivity index is 2.14. The molecule has 0 atom stereocenters. The normalized spacial score (nSPS) is 11.9. The highest BCUT2D eigenvalue weighted by atomic mass is 35.5. The van der Waals surface area contributed by atoms with Crippen LogP contribution >= 0.6 is 22.9 Å². The van der Waals surface area contributed by atoms with Gasteiger partial charge >= 0.3 is 0 Å². The lowest BCUT2D eigenvalue weighted by Crippen LogP contribution is -2.29. The van der Waals surface area contributed by atoms with Crippen LogP contribution in [-0.2, 0) is 10.0 Å². The van der Waals surface area contributed by atoms with Crippen LogP contribution in [0.5, 0.6) is 0 Å². The fourth-order valence-corrected chi connectivity index (χ4v) is 3.80. The summed E-state index contributed by atoms with van der Waals surface area (Å²) in [7, 11) is -3.25. The molecule has 20 heavy (non-hydrogen) atoms. The Morgan fingerprint density at radius 3 is 2.85 bits per heavy atom. The number of thiophene rings is 1. The molecule has 0 aliphatic carbocycles. The Labute approximate surface area is 126 Å². The number of nitrogens with zero attached hydrogens (tertiary/aromatic N) is 2. The van der Waals surface area contributed by atoms with E-state index in [1.165, 1.54) is 11.3 Å². The second-order valence-corrected chi connectivity index (χ2v) is 7.66. The SMILES string of the molecule is CCNS(=O)(=O)CCNc1nc(Cl)nc2sc(C)cc12. The lowest BCUT2D eigenvalue weighted by atomic mass is 10.3. The maximum absolute atomic E-state index is 11.5. The van der Waals surface area contributed by atoms with Gasteiger partial charge in [0.1, 0.15) is 10.6 Å². The van der Waals surface area contributed by atoms with Gasteiger partial charge in [0, 0.05) is 18.0 Å². The van der Waals surface area contributed by atoms with Gasteiger partial charge < -0.3 is 5.32 Å². The summed E-state index contributed by atoms with van der Waals surface area (Å²) in [6.07, 6.45) is 0. The van der Waals surface area contributed by atoms with E-state index in [4.69, 9.17) is 11.6 Å². The van der Waals surface area contributed by atoms with Crippen molar-refractivity contribution in [3.05, 3.63) is 16.2 Å². The molecule has 0 bridgehead atoms. The van der Waals surface area contributed by atoms with Gasteiger partial charge in [-0.2, -0.15) is 0 Å². The number of hydrogen-bond acceptors (Lipinski definition) is 6. The minimum absolute atomic E-state index is 0.0208. The van der Waals surface area contributed by atoms with E-state index < -0.39 is 10.0 Å². The van der Waals surface area contributed by atoms with Gasteiger partial charge in [-0.25, -0.2) is 23.1 Å². The highest BCUT2D eigenvalue weighted by molar-refractivity contribution is 7.89. The Morgan fingerprint density at radius 1 is 1.40 bits per heavy atom. The molecule has 2 aromatic rings. The lowest BCUT2D eigenvalue weighted by Gasteiger charge is -2.08. The Morgan fingerprint density at radius 2 is 2.15 bits per heavy atom. The number of nitrogens with one attached hydrogen (secondary N) is 2. The van der Waals surface area contributed by atoms with Crippen LogP contribution in [0.4, 0.5) is 5.82 Å². The molecule has 0 saturated carbocycles. The van der Waals surface area contributed by atoms with Gasteiger partial charge in [-0.15, -0.1) is 11.3 Å². The molecule has 0 unspecified atom stereocenters. The summed E-state index contributed by atoms with van der Waals surface area (Å²) < 4.78 is 25.5. The van der Waals surface area contributed by atoms with E-state index in [0.717, 1.165) is 15.1 Å². The summed E-state index contributed by atoms with van der Waals surface area (Å²) >= 11 is 7.39. The van der Waals surface area contributed by atoms with E-state index in [-0.39, 0.29) is 17.6 Å². The summed E-state index contributed by atoms with van der Waals surface area (Å²) in [6, 6.07) is 1.96. The summed E-state index contributed by atoms with van der Waals surface area (Å²) in [4.78, 5) is 10.1. The predicted octanol–water partition coefficient (Wildman–Crippen LogP) is 2.00. The van der Waals surface area contributed by atoms with Crippen molar-refractivity contribution in [2.75, 3.05) is 24.2 Å². The first-order chi connectivity index (χ1) is 9.41. The summed E-state index contributed by atoms with van der Waals surface area (Å²) in [6.45, 7) is 4.36. The van der Waals surface area contributed by atoms with Gasteiger partial charge in [0.15, 0.2) is 0 Å². The van der Waals surface area contributed by atoms with Crippen LogP contribution in [0, 0.1) is 6.92 Å². The molecule has 2 heterocycles. The van der Waals surface area contributed by atoms with Crippen molar-refractivity contribution < 1.29 is 8.42 Å². The first kappa shape index (κ1) is 15.4. The first-order valence-corrected chi connectivity index (χ1v) is 8.91. The quantitative estimate of drug-likeness (QED) is 0.789. The van der Waals surface area contributed by atoms with Gasteiger partial charge in [0.05, 0.1) is 11.1 Å². The number of fused-ring (bicyclic) bond motifs is 1. The lowest BCUT2D eigenvalue weighted by molar-refractivity contribution is 0.584. The van der Waals surface area contributed by atoms with E-state index in [2.05, 4.69) is 20.0 Å². The maximum atomic E-state index is 11.5. The zero-order chi connectivity index (χ0) is 14.8. The fraction of sp³-hybridized carbons (Fsp3) is 0.455. The zero-order valence-electron chi connectivity index (χ0n) is 11.1. The molecule has 9 heteroatoms. The second kappa shape index (κ2) is 6.21. The highest BCUT2D eigenvalue weighted by Crippen LogP contribution is 2.29. The summed E-state index contributed by atoms with van der Waals surface area (Å²) in [5.74, 6) is 0.545. The Bertz CT molecular complexity index is 715. The first-order valence-electron chi connectivity index (χ1n) is 6.06. The van der Waals surface area contributed by atoms with Gasteiger partial charge in [0.2, 0.25) is 15.3 Å². The molecule has 0 spiro atoms. The summed E-state index contributed by atoms with van der Waals surface area (Å²) in [5, 5.41) is 4.02. The molecule has 0 aromatic carbocycles. The standard InChI is InChI=1S/C11H15ClN4O2S2/c1-3-14-20(17,18)5-4-13-9-8-6-7(2)19-10(8)16-11(12)15-9/h6,14H,3-5H2,1-2H3,(H,13,15,16). The van der Waals surface area contributed by atoms with E-state index >= 15 is 0 Å². The summed E-state index contributed by atoms with van der Waals surface area (Å²) in [5.41, 5.74) is 0. The molecule has 0 fully saturated rings. The smallest absolute Gasteiger partial charge is 0.225 e. The minimum Gasteiger partial charge on any atom is -0.368 e. The van der Waals surface area contributed by atoms with E-state index in [9.17, 15) is 8.42 Å². The molecule has 0 saturated heterocycles. The van der Waals surface area contributed by atoms with Gasteiger partial charge in [0.25, 0.3) is 0 Å². The molecule has 0 amide bonds. The number of rotatable bonds is 6. The van der Waals surface area contributed by atoms with E-state index in [1.807, 2.05) is 13.0 Å². The fourth-order valence-electron chi connectivity index (χ4n) is 1.75. The molecular weight excluding hydrogens is 320 g/mol. The van der Waals surface area contributed by atoms with Crippen LogP contribution in [0.15, 0.2) is 6.07 Å². The van der Waals surface area contributed by atoms with Crippen molar-refractivity contribution >= 4 is 49.0 Å². The molecule has 0 aliphatic heterocycles. The minimum atomic E-state index is -3.25. The zero-order valence-corrected chi connectivity index (χ0v) is 13.5. The van der Waals surface area contributed by atoms with Crippen LogP contribution < -0.4 is 10.0 Å². The van der Waals surface area contributed by atoms with Crippen LogP contribution in [0.1, 0.15) is 11.8 Å². The molecule has 6 nitrogen and oxygen atoms in total. The largest absolute Gasteiger partial charge is 0.368 e. The van der Waals surface area contributed by atoms with Crippen LogP contribution in [-0.4, -0.2) is 37.2 Å². The second-order valence-electron chi connectivity index (χ2n) is 4.16. The van der Waals surface area contributed by atoms with Crippen molar-refractivity contribution in [1.29, 1.82) is 0 Å². The highest BCUT2D eigenvalue weighted by Gasteiger charge is 2.12. The molecule has 2 rings (SSSR count). The van der Waals surface area contributed by atoms with E-state index in [1.54, 1.807) is 6.92 Å². The van der Waals surface area contributed by atoms with Crippen molar-refractivity contribution in [3.63, 3.8) is 0 Å². The Hall–Kier alpha value is -0.960. The topological polar surface area (TPSA) is 84.0 Å². The number of hydrogen-bond donors (Lipinski definition) is 2. The van der Waals surface area contributed by atoms with Crippen LogP contribution in [0.25, 0.3) is 10.2 Å². The van der Waals surface area contributed by atoms with Crippen molar-refractivity contribution in [1.82, 2.24) is 14.7 Å². The third-order valence-electron chi connectivity index (χ3n) is 2.52. The van der Waals surface area contributed by atoms with Gasteiger partial charge in [-0.3, -0.25) is 0 Å². The monoisotopic (exact) mass is 334 g/mol. The van der Waals surface area contributed by atoms with Crippen LogP contribution in [0.2, 0.25) is 5.28 Å². The van der Waals surface area contributed by atoms with Crippen molar-refractivity contribution in [2.45, 2.75) is 13.8 Å². The third kappa shape index (κ3) is 3.78. The number of anilines is 1. The third-order valence-corrected chi connectivity index (χ3v) is 5.10. The molecule has 110 valence electrons. The predicted molar refractivity (Wildman–Crippen MR) is 83.1 cm³/mol.